The number of carbonyl (C=O) groups excluding carboxylic acids is 1. The second-order valence-corrected chi connectivity index (χ2v) is 4.86. The average molecular weight is 277 g/mol. The molecule has 0 heterocycles. The Bertz CT molecular complexity index is 358. The van der Waals surface area contributed by atoms with Crippen molar-refractivity contribution >= 4 is 5.91 Å². The van der Waals surface area contributed by atoms with Gasteiger partial charge in [0, 0.05) is 13.1 Å². The Balaban J connectivity index is 0.00000172. The van der Waals surface area contributed by atoms with Crippen LogP contribution < -0.4 is 0 Å². The molecule has 0 radical (unpaired) electrons. The lowest BCUT2D eigenvalue weighted by Gasteiger charge is -2.21. The highest BCUT2D eigenvalue weighted by atomic mass is 16.2. The smallest absolute Gasteiger partial charge is 0.226 e. The quantitative estimate of drug-likeness (QED) is 0.677. The molecule has 0 saturated heterocycles. The van der Waals surface area contributed by atoms with E-state index in [1.54, 1.807) is 0 Å². The number of amides is 1. The van der Waals surface area contributed by atoms with E-state index in [4.69, 9.17) is 0 Å². The third-order valence-corrected chi connectivity index (χ3v) is 3.01. The third kappa shape index (κ3) is 7.32. The molecule has 0 aliphatic heterocycles. The predicted molar refractivity (Wildman–Crippen MR) is 88.7 cm³/mol. The Morgan fingerprint density at radius 3 is 2.35 bits per heavy atom. The van der Waals surface area contributed by atoms with E-state index in [0.717, 1.165) is 37.9 Å². The van der Waals surface area contributed by atoms with Gasteiger partial charge in [0.1, 0.15) is 0 Å². The Kier molecular flexibility index (Phi) is 10.8. The lowest BCUT2D eigenvalue weighted by Crippen LogP contribution is -2.32. The van der Waals surface area contributed by atoms with E-state index in [-0.39, 0.29) is 5.91 Å². The summed E-state index contributed by atoms with van der Waals surface area (Å²) in [5.41, 5.74) is 2.38. The first-order chi connectivity index (χ1) is 9.67. The standard InChI is InChI=1S/C16H25NO.C2H6/c1-4-10-17(11-5-2)16(18)13-15-9-7-6-8-14(3)12-15;1-2/h6,8-9,12H,4-5,7,10-11,13H2,1-3H3;1-2H3. The number of hydrogen-bond donors (Lipinski definition) is 0. The van der Waals surface area contributed by atoms with Crippen LogP contribution in [0.5, 0.6) is 0 Å². The van der Waals surface area contributed by atoms with E-state index in [9.17, 15) is 4.79 Å². The molecule has 0 bridgehead atoms. The first-order valence-corrected chi connectivity index (χ1v) is 7.99. The van der Waals surface area contributed by atoms with Crippen LogP contribution in [0.15, 0.2) is 35.5 Å². The summed E-state index contributed by atoms with van der Waals surface area (Å²) in [6.45, 7) is 12.1. The van der Waals surface area contributed by atoms with E-state index in [1.807, 2.05) is 18.7 Å². The van der Waals surface area contributed by atoms with Crippen LogP contribution in [-0.2, 0) is 4.79 Å². The molecule has 2 nitrogen and oxygen atoms in total. The Labute approximate surface area is 125 Å². The topological polar surface area (TPSA) is 20.3 Å². The van der Waals surface area contributed by atoms with Gasteiger partial charge in [0.2, 0.25) is 5.91 Å². The molecule has 1 aliphatic rings. The first kappa shape index (κ1) is 18.7. The zero-order valence-electron chi connectivity index (χ0n) is 13.9. The maximum Gasteiger partial charge on any atom is 0.226 e. The molecule has 20 heavy (non-hydrogen) atoms. The summed E-state index contributed by atoms with van der Waals surface area (Å²) >= 11 is 0. The molecule has 0 aromatic rings. The normalized spacial score (nSPS) is 13.7. The lowest BCUT2D eigenvalue weighted by molar-refractivity contribution is -0.130. The van der Waals surface area contributed by atoms with Gasteiger partial charge in [-0.25, -0.2) is 0 Å². The number of rotatable bonds is 6. The first-order valence-electron chi connectivity index (χ1n) is 7.99. The van der Waals surface area contributed by atoms with Crippen LogP contribution in [0.2, 0.25) is 0 Å². The second-order valence-electron chi connectivity index (χ2n) is 4.86. The minimum Gasteiger partial charge on any atom is -0.342 e. The Morgan fingerprint density at radius 2 is 1.80 bits per heavy atom. The van der Waals surface area contributed by atoms with E-state index >= 15 is 0 Å². The summed E-state index contributed by atoms with van der Waals surface area (Å²) in [6, 6.07) is 0. The van der Waals surface area contributed by atoms with Gasteiger partial charge in [-0.15, -0.1) is 0 Å². The highest BCUT2D eigenvalue weighted by Gasteiger charge is 2.13. The van der Waals surface area contributed by atoms with Gasteiger partial charge in [0.05, 0.1) is 6.42 Å². The van der Waals surface area contributed by atoms with E-state index in [2.05, 4.69) is 45.1 Å². The molecule has 0 N–H and O–H groups in total. The van der Waals surface area contributed by atoms with Gasteiger partial charge < -0.3 is 4.90 Å². The number of allylic oxidation sites excluding steroid dienone is 5. The molecular weight excluding hydrogens is 246 g/mol. The van der Waals surface area contributed by atoms with Crippen LogP contribution in [0, 0.1) is 0 Å². The molecule has 1 rings (SSSR count). The molecule has 0 aromatic heterocycles. The minimum atomic E-state index is 0.260. The van der Waals surface area contributed by atoms with Crippen LogP contribution in [0.25, 0.3) is 0 Å². The molecule has 0 atom stereocenters. The maximum atomic E-state index is 12.2. The highest BCUT2D eigenvalue weighted by Crippen LogP contribution is 2.15. The van der Waals surface area contributed by atoms with Crippen molar-refractivity contribution in [1.82, 2.24) is 4.90 Å². The number of nitrogens with zero attached hydrogens (tertiary/aromatic N) is 1. The molecule has 114 valence electrons. The van der Waals surface area contributed by atoms with Crippen molar-refractivity contribution in [3.63, 3.8) is 0 Å². The Hall–Kier alpha value is -1.31. The van der Waals surface area contributed by atoms with Crippen molar-refractivity contribution < 1.29 is 4.79 Å². The molecule has 0 spiro atoms. The maximum absolute atomic E-state index is 12.2. The van der Waals surface area contributed by atoms with Crippen LogP contribution in [-0.4, -0.2) is 23.9 Å². The van der Waals surface area contributed by atoms with Crippen molar-refractivity contribution in [2.45, 2.75) is 60.3 Å². The number of hydrogen-bond acceptors (Lipinski definition) is 1. The zero-order valence-corrected chi connectivity index (χ0v) is 13.9. The van der Waals surface area contributed by atoms with E-state index in [0.29, 0.717) is 6.42 Å². The summed E-state index contributed by atoms with van der Waals surface area (Å²) in [5, 5.41) is 0. The fraction of sp³-hybridized carbons (Fsp3) is 0.611. The summed E-state index contributed by atoms with van der Waals surface area (Å²) in [7, 11) is 0. The molecule has 0 aromatic carbocycles. The van der Waals surface area contributed by atoms with E-state index in [1.165, 1.54) is 5.57 Å². The summed E-state index contributed by atoms with van der Waals surface area (Å²) in [5.74, 6) is 0.260. The Morgan fingerprint density at radius 1 is 1.20 bits per heavy atom. The third-order valence-electron chi connectivity index (χ3n) is 3.01. The van der Waals surface area contributed by atoms with Crippen molar-refractivity contribution in [3.8, 4) is 0 Å². The molecule has 1 aliphatic carbocycles. The SMILES string of the molecule is CC.CCCN(CCC)C(=O)CC1=CCC=CC(C)=C1. The average Bonchev–Trinajstić information content (AvgIpc) is 2.65. The predicted octanol–water partition coefficient (Wildman–Crippen LogP) is 4.88. The van der Waals surface area contributed by atoms with Gasteiger partial charge >= 0.3 is 0 Å². The van der Waals surface area contributed by atoms with Gasteiger partial charge in [-0.3, -0.25) is 4.79 Å². The molecule has 1 amide bonds. The molecule has 0 unspecified atom stereocenters. The summed E-state index contributed by atoms with van der Waals surface area (Å²) in [4.78, 5) is 14.2. The highest BCUT2D eigenvalue weighted by molar-refractivity contribution is 5.79. The molecule has 0 fully saturated rings. The fourth-order valence-electron chi connectivity index (χ4n) is 2.18. The van der Waals surface area contributed by atoms with Crippen molar-refractivity contribution in [1.29, 1.82) is 0 Å². The van der Waals surface area contributed by atoms with Crippen LogP contribution in [0.4, 0.5) is 0 Å². The van der Waals surface area contributed by atoms with Gasteiger partial charge in [-0.1, -0.05) is 57.6 Å². The van der Waals surface area contributed by atoms with Crippen molar-refractivity contribution in [3.05, 3.63) is 35.5 Å². The minimum absolute atomic E-state index is 0.260. The summed E-state index contributed by atoms with van der Waals surface area (Å²) < 4.78 is 0. The van der Waals surface area contributed by atoms with Crippen LogP contribution in [0.1, 0.15) is 60.3 Å². The molecular formula is C18H31NO. The van der Waals surface area contributed by atoms with Crippen LogP contribution in [0.3, 0.4) is 0 Å². The van der Waals surface area contributed by atoms with Gasteiger partial charge in [0.25, 0.3) is 0 Å². The van der Waals surface area contributed by atoms with Crippen LogP contribution >= 0.6 is 0 Å². The molecule has 0 saturated carbocycles. The zero-order chi connectivity index (χ0) is 15.4. The lowest BCUT2D eigenvalue weighted by atomic mass is 10.1. The largest absolute Gasteiger partial charge is 0.342 e. The monoisotopic (exact) mass is 277 g/mol. The van der Waals surface area contributed by atoms with Gasteiger partial charge in [-0.2, -0.15) is 0 Å². The van der Waals surface area contributed by atoms with Crippen molar-refractivity contribution in [2.75, 3.05) is 13.1 Å². The van der Waals surface area contributed by atoms with E-state index < -0.39 is 0 Å². The molecule has 2 heteroatoms. The number of carbonyl (C=O) groups is 1. The van der Waals surface area contributed by atoms with Gasteiger partial charge in [0.15, 0.2) is 0 Å². The summed E-state index contributed by atoms with van der Waals surface area (Å²) in [6.07, 6.45) is 12.1. The van der Waals surface area contributed by atoms with Crippen molar-refractivity contribution in [2.24, 2.45) is 0 Å². The fourth-order valence-corrected chi connectivity index (χ4v) is 2.18. The van der Waals surface area contributed by atoms with Gasteiger partial charge in [-0.05, 0) is 31.8 Å². The second kappa shape index (κ2) is 11.5.